The van der Waals surface area contributed by atoms with Crippen molar-refractivity contribution in [2.45, 2.75) is 133 Å². The van der Waals surface area contributed by atoms with Crippen molar-refractivity contribution in [3.8, 4) is 0 Å². The van der Waals surface area contributed by atoms with E-state index >= 15 is 0 Å². The monoisotopic (exact) mass is 845 g/mol. The SMILES string of the molecule is CCCCCCCCCCCCCCNC(=O)[C@H]1CN(Cc2ccc(C(=O)N3C[C@@H](C(=O)N[C@H]4C[C@@H]4c4ccccc4)[C@H](C(=O)N[C@H]4C[C@@H]4c4ccccc4)C3)cc2)CCN1C. The fourth-order valence-corrected chi connectivity index (χ4v) is 9.77. The maximum Gasteiger partial charge on any atom is 0.253 e. The number of nitrogens with zero attached hydrogens (tertiary/aromatic N) is 3. The van der Waals surface area contributed by atoms with Crippen LogP contribution in [0.5, 0.6) is 0 Å². The standard InChI is InChI=1S/C52H72N6O4/c1-3-4-5-6-7-8-9-10-11-12-13-20-29-53-51(61)48-37-57(31-30-56(48)2)34-38-25-27-41(28-26-38)52(62)58-35-44(49(59)54-46-32-42(46)39-21-16-14-17-22-39)45(36-58)50(60)55-47-33-43(47)40-23-18-15-19-24-40/h14-19,21-28,42-48H,3-13,20,29-37H2,1-2H3,(H,53,61)(H,54,59)(H,55,60)/t42-,43-,44-,45-,46+,47+,48-/m1/s1. The van der Waals surface area contributed by atoms with Gasteiger partial charge in [-0.1, -0.05) is 150 Å². The Kier molecular flexibility index (Phi) is 16.7. The Labute approximate surface area is 371 Å². The number of rotatable bonds is 23. The molecule has 62 heavy (non-hydrogen) atoms. The van der Waals surface area contributed by atoms with Crippen LogP contribution in [-0.2, 0) is 20.9 Å². The highest BCUT2D eigenvalue weighted by atomic mass is 16.2. The molecule has 7 rings (SSSR count). The molecular weight excluding hydrogens is 773 g/mol. The van der Waals surface area contributed by atoms with E-state index in [1.807, 2.05) is 67.7 Å². The minimum absolute atomic E-state index is 0.0332. The number of likely N-dealkylation sites (N-methyl/N-ethyl adjacent to an activating group) is 1. The van der Waals surface area contributed by atoms with Crippen LogP contribution >= 0.6 is 0 Å². The summed E-state index contributed by atoms with van der Waals surface area (Å²) in [4.78, 5) is 61.2. The number of amides is 4. The Balaban J connectivity index is 0.868. The predicted octanol–water partition coefficient (Wildman–Crippen LogP) is 7.65. The van der Waals surface area contributed by atoms with Gasteiger partial charge >= 0.3 is 0 Å². The first-order chi connectivity index (χ1) is 30.3. The van der Waals surface area contributed by atoms with E-state index in [1.165, 1.54) is 75.3 Å². The second-order valence-corrected chi connectivity index (χ2v) is 18.8. The van der Waals surface area contributed by atoms with Gasteiger partial charge in [0.25, 0.3) is 5.91 Å². The summed E-state index contributed by atoms with van der Waals surface area (Å²) in [6, 6.07) is 28.0. The number of nitrogens with one attached hydrogen (secondary N) is 3. The number of benzene rings is 3. The quantitative estimate of drug-likeness (QED) is 0.0846. The van der Waals surface area contributed by atoms with Gasteiger partial charge in [-0.05, 0) is 55.1 Å². The van der Waals surface area contributed by atoms with E-state index in [2.05, 4.69) is 56.9 Å². The van der Waals surface area contributed by atoms with Crippen molar-refractivity contribution >= 4 is 23.6 Å². The fourth-order valence-electron chi connectivity index (χ4n) is 9.77. The van der Waals surface area contributed by atoms with Gasteiger partial charge < -0.3 is 20.9 Å². The van der Waals surface area contributed by atoms with Crippen LogP contribution in [0.4, 0.5) is 0 Å². The smallest absolute Gasteiger partial charge is 0.253 e. The topological polar surface area (TPSA) is 114 Å². The van der Waals surface area contributed by atoms with Crippen molar-refractivity contribution in [1.82, 2.24) is 30.7 Å². The number of likely N-dealkylation sites (tertiary alicyclic amines) is 1. The summed E-state index contributed by atoms with van der Waals surface area (Å²) in [5.41, 5.74) is 4.03. The lowest BCUT2D eigenvalue weighted by atomic mass is 9.94. The summed E-state index contributed by atoms with van der Waals surface area (Å²) >= 11 is 0. The number of hydrogen-bond acceptors (Lipinski definition) is 6. The van der Waals surface area contributed by atoms with Crippen LogP contribution in [0.2, 0.25) is 0 Å². The maximum atomic E-state index is 14.0. The van der Waals surface area contributed by atoms with Crippen molar-refractivity contribution in [1.29, 1.82) is 0 Å². The van der Waals surface area contributed by atoms with Crippen LogP contribution in [0.25, 0.3) is 0 Å². The molecule has 0 aromatic heterocycles. The minimum Gasteiger partial charge on any atom is -0.355 e. The molecule has 2 aliphatic carbocycles. The molecule has 4 amide bonds. The van der Waals surface area contributed by atoms with Gasteiger partial charge in [0.1, 0.15) is 6.04 Å². The van der Waals surface area contributed by atoms with Crippen LogP contribution in [0.1, 0.15) is 136 Å². The van der Waals surface area contributed by atoms with Gasteiger partial charge in [-0.2, -0.15) is 0 Å². The van der Waals surface area contributed by atoms with Crippen molar-refractivity contribution in [2.75, 3.05) is 46.3 Å². The summed E-state index contributed by atoms with van der Waals surface area (Å²) in [5, 5.41) is 9.67. The van der Waals surface area contributed by atoms with Gasteiger partial charge in [-0.25, -0.2) is 0 Å². The molecule has 0 radical (unpaired) electrons. The molecule has 334 valence electrons. The summed E-state index contributed by atoms with van der Waals surface area (Å²) in [7, 11) is 2.04. The first-order valence-electron chi connectivity index (χ1n) is 24.1. The molecule has 2 saturated carbocycles. The van der Waals surface area contributed by atoms with Crippen molar-refractivity contribution in [3.05, 3.63) is 107 Å². The van der Waals surface area contributed by atoms with Gasteiger partial charge in [0.05, 0.1) is 11.8 Å². The second-order valence-electron chi connectivity index (χ2n) is 18.8. The zero-order chi connectivity index (χ0) is 43.3. The molecule has 2 saturated heterocycles. The summed E-state index contributed by atoms with van der Waals surface area (Å²) in [6.07, 6.45) is 17.4. The molecule has 0 bridgehead atoms. The molecule has 0 unspecified atom stereocenters. The van der Waals surface area contributed by atoms with E-state index in [0.29, 0.717) is 18.7 Å². The lowest BCUT2D eigenvalue weighted by molar-refractivity contribution is -0.133. The Morgan fingerprint density at radius 3 is 1.60 bits per heavy atom. The number of piperazine rings is 1. The summed E-state index contributed by atoms with van der Waals surface area (Å²) in [5.74, 6) is -1.09. The van der Waals surface area contributed by atoms with Crippen LogP contribution < -0.4 is 16.0 Å². The van der Waals surface area contributed by atoms with E-state index in [0.717, 1.165) is 50.9 Å². The molecule has 4 aliphatic rings. The lowest BCUT2D eigenvalue weighted by Crippen LogP contribution is -2.57. The van der Waals surface area contributed by atoms with Crippen LogP contribution in [0.15, 0.2) is 84.9 Å². The maximum absolute atomic E-state index is 14.0. The normalized spacial score (nSPS) is 24.7. The highest BCUT2D eigenvalue weighted by Crippen LogP contribution is 2.42. The molecule has 10 heteroatoms. The van der Waals surface area contributed by atoms with Crippen molar-refractivity contribution in [3.63, 3.8) is 0 Å². The van der Waals surface area contributed by atoms with E-state index in [-0.39, 0.29) is 66.7 Å². The molecule has 2 aliphatic heterocycles. The predicted molar refractivity (Wildman–Crippen MR) is 247 cm³/mol. The first-order valence-corrected chi connectivity index (χ1v) is 24.1. The van der Waals surface area contributed by atoms with Crippen molar-refractivity contribution in [2.24, 2.45) is 11.8 Å². The highest BCUT2D eigenvalue weighted by Gasteiger charge is 2.49. The number of carbonyl (C=O) groups is 4. The fraction of sp³-hybridized carbons (Fsp3) is 0.577. The van der Waals surface area contributed by atoms with Gasteiger partial charge in [-0.15, -0.1) is 0 Å². The molecule has 2 heterocycles. The van der Waals surface area contributed by atoms with E-state index in [9.17, 15) is 19.2 Å². The zero-order valence-electron chi connectivity index (χ0n) is 37.4. The van der Waals surface area contributed by atoms with Crippen molar-refractivity contribution < 1.29 is 19.2 Å². The number of unbranched alkanes of at least 4 members (excludes halogenated alkanes) is 11. The molecule has 3 aromatic rings. The van der Waals surface area contributed by atoms with Gasteiger partial charge in [0, 0.05) is 75.3 Å². The van der Waals surface area contributed by atoms with Crippen LogP contribution in [0, 0.1) is 11.8 Å². The van der Waals surface area contributed by atoms with Gasteiger partial charge in [0.2, 0.25) is 17.7 Å². The van der Waals surface area contributed by atoms with E-state index in [1.54, 1.807) is 4.90 Å². The molecular formula is C52H72N6O4. The summed E-state index contributed by atoms with van der Waals surface area (Å²) in [6.45, 7) is 6.41. The third-order valence-electron chi connectivity index (χ3n) is 13.9. The van der Waals surface area contributed by atoms with E-state index in [4.69, 9.17) is 0 Å². The molecule has 7 atom stereocenters. The Hall–Kier alpha value is -4.54. The van der Waals surface area contributed by atoms with Gasteiger partial charge in [-0.3, -0.25) is 29.0 Å². The molecule has 0 spiro atoms. The lowest BCUT2D eigenvalue weighted by Gasteiger charge is -2.38. The third kappa shape index (κ3) is 12.8. The minimum atomic E-state index is -0.629. The molecule has 10 nitrogen and oxygen atoms in total. The Morgan fingerprint density at radius 1 is 0.581 bits per heavy atom. The number of carbonyl (C=O) groups excluding carboxylic acids is 4. The first kappa shape index (κ1) is 45.5. The van der Waals surface area contributed by atoms with E-state index < -0.39 is 11.8 Å². The Morgan fingerprint density at radius 2 is 1.08 bits per heavy atom. The average Bonchev–Trinajstić information content (AvgIpc) is 4.20. The second kappa shape index (κ2) is 22.7. The average molecular weight is 845 g/mol. The van der Waals surface area contributed by atoms with Crippen LogP contribution in [-0.4, -0.2) is 103 Å². The third-order valence-corrected chi connectivity index (χ3v) is 13.9. The summed E-state index contributed by atoms with van der Waals surface area (Å²) < 4.78 is 0. The zero-order valence-corrected chi connectivity index (χ0v) is 37.4. The largest absolute Gasteiger partial charge is 0.355 e. The molecule has 4 fully saturated rings. The van der Waals surface area contributed by atoms with Crippen LogP contribution in [0.3, 0.4) is 0 Å². The Bertz CT molecular complexity index is 1820. The highest BCUT2D eigenvalue weighted by molar-refractivity contribution is 5.97. The molecule has 3 aromatic carbocycles. The number of hydrogen-bond donors (Lipinski definition) is 3. The van der Waals surface area contributed by atoms with Gasteiger partial charge in [0.15, 0.2) is 0 Å². The molecule has 3 N–H and O–H groups in total.